The predicted octanol–water partition coefficient (Wildman–Crippen LogP) is 1.47. The van der Waals surface area contributed by atoms with Crippen LogP contribution in [0.5, 0.6) is 0 Å². The Hall–Kier alpha value is -2.18. The topological polar surface area (TPSA) is 69.6 Å². The summed E-state index contributed by atoms with van der Waals surface area (Å²) < 4.78 is 0. The number of carbonyl (C=O) groups is 2. The van der Waals surface area contributed by atoms with Gasteiger partial charge in [-0.3, -0.25) is 9.59 Å². The van der Waals surface area contributed by atoms with Gasteiger partial charge < -0.3 is 14.7 Å². The van der Waals surface area contributed by atoms with Gasteiger partial charge in [0.05, 0.1) is 0 Å². The van der Waals surface area contributed by atoms with Crippen molar-refractivity contribution < 1.29 is 9.59 Å². The van der Waals surface area contributed by atoms with Crippen LogP contribution in [-0.4, -0.2) is 70.9 Å². The Morgan fingerprint density at radius 2 is 1.48 bits per heavy atom. The summed E-state index contributed by atoms with van der Waals surface area (Å²) in [5.41, 5.74) is 1.28. The summed E-state index contributed by atoms with van der Waals surface area (Å²) >= 11 is 0. The zero-order valence-corrected chi connectivity index (χ0v) is 15.2. The normalized spacial score (nSPS) is 18.9. The number of carbonyl (C=O) groups excluding carboxylic acids is 2. The molecule has 3 rings (SSSR count). The molecule has 0 atom stereocenters. The highest BCUT2D eigenvalue weighted by atomic mass is 16.2. The monoisotopic (exact) mass is 345 g/mol. The Morgan fingerprint density at radius 3 is 2.08 bits per heavy atom. The van der Waals surface area contributed by atoms with E-state index in [0.29, 0.717) is 37.8 Å². The van der Waals surface area contributed by atoms with Crippen molar-refractivity contribution >= 4 is 17.8 Å². The van der Waals surface area contributed by atoms with Crippen molar-refractivity contribution in [3.05, 3.63) is 17.5 Å². The highest BCUT2D eigenvalue weighted by molar-refractivity contribution is 5.93. The first-order valence-electron chi connectivity index (χ1n) is 9.20. The van der Waals surface area contributed by atoms with Crippen molar-refractivity contribution in [2.75, 3.05) is 44.2 Å². The predicted molar refractivity (Wildman–Crippen MR) is 95.6 cm³/mol. The van der Waals surface area contributed by atoms with E-state index in [-0.39, 0.29) is 11.8 Å². The second kappa shape index (κ2) is 7.80. The van der Waals surface area contributed by atoms with Crippen LogP contribution >= 0.6 is 0 Å². The molecular weight excluding hydrogens is 318 g/mol. The standard InChI is InChI=1S/C18H27N5O2/c1-14-13-16(17(25)22-11-9-21(10-12-22)15(2)24)20-18(19-14)23-7-5-3-4-6-8-23/h13H,3-12H2,1-2H3. The Bertz CT molecular complexity index is 632. The molecule has 0 spiro atoms. The number of hydrogen-bond acceptors (Lipinski definition) is 5. The third-order valence-electron chi connectivity index (χ3n) is 4.96. The molecule has 7 heteroatoms. The minimum Gasteiger partial charge on any atom is -0.341 e. The molecule has 0 aliphatic carbocycles. The molecule has 25 heavy (non-hydrogen) atoms. The number of nitrogens with zero attached hydrogens (tertiary/aromatic N) is 5. The van der Waals surface area contributed by atoms with Crippen molar-refractivity contribution in [3.8, 4) is 0 Å². The zero-order chi connectivity index (χ0) is 17.8. The van der Waals surface area contributed by atoms with Gasteiger partial charge in [0, 0.05) is 51.9 Å². The maximum Gasteiger partial charge on any atom is 0.272 e. The van der Waals surface area contributed by atoms with E-state index in [4.69, 9.17) is 0 Å². The zero-order valence-electron chi connectivity index (χ0n) is 15.2. The number of piperazine rings is 1. The van der Waals surface area contributed by atoms with E-state index < -0.39 is 0 Å². The first kappa shape index (κ1) is 17.6. The lowest BCUT2D eigenvalue weighted by Gasteiger charge is -2.34. The second-order valence-electron chi connectivity index (χ2n) is 6.89. The van der Waals surface area contributed by atoms with Crippen LogP contribution in [0.1, 0.15) is 48.8 Å². The van der Waals surface area contributed by atoms with Crippen molar-refractivity contribution in [1.29, 1.82) is 0 Å². The van der Waals surface area contributed by atoms with E-state index in [2.05, 4.69) is 14.9 Å². The van der Waals surface area contributed by atoms with Gasteiger partial charge in [-0.2, -0.15) is 0 Å². The highest BCUT2D eigenvalue weighted by Gasteiger charge is 2.25. The van der Waals surface area contributed by atoms with E-state index in [1.165, 1.54) is 12.8 Å². The number of hydrogen-bond donors (Lipinski definition) is 0. The molecule has 2 saturated heterocycles. The Labute approximate surface area is 149 Å². The summed E-state index contributed by atoms with van der Waals surface area (Å²) in [5, 5.41) is 0. The molecule has 3 heterocycles. The summed E-state index contributed by atoms with van der Waals surface area (Å²) in [6.07, 6.45) is 4.78. The maximum atomic E-state index is 12.8. The number of rotatable bonds is 2. The van der Waals surface area contributed by atoms with Gasteiger partial charge in [-0.25, -0.2) is 9.97 Å². The molecule has 1 aromatic rings. The molecule has 7 nitrogen and oxygen atoms in total. The molecule has 0 N–H and O–H groups in total. The van der Waals surface area contributed by atoms with Gasteiger partial charge in [0.1, 0.15) is 5.69 Å². The van der Waals surface area contributed by atoms with Gasteiger partial charge >= 0.3 is 0 Å². The minimum atomic E-state index is -0.0650. The van der Waals surface area contributed by atoms with Gasteiger partial charge in [-0.1, -0.05) is 12.8 Å². The highest BCUT2D eigenvalue weighted by Crippen LogP contribution is 2.18. The molecule has 2 fully saturated rings. The van der Waals surface area contributed by atoms with Crippen LogP contribution in [0.15, 0.2) is 6.07 Å². The first-order chi connectivity index (χ1) is 12.0. The molecular formula is C18H27N5O2. The fourth-order valence-corrected chi connectivity index (χ4v) is 3.46. The SMILES string of the molecule is CC(=O)N1CCN(C(=O)c2cc(C)nc(N3CCCCCC3)n2)CC1. The van der Waals surface area contributed by atoms with E-state index in [9.17, 15) is 9.59 Å². The molecule has 0 unspecified atom stereocenters. The smallest absolute Gasteiger partial charge is 0.272 e. The van der Waals surface area contributed by atoms with Crippen LogP contribution in [0.4, 0.5) is 5.95 Å². The second-order valence-corrected chi connectivity index (χ2v) is 6.89. The summed E-state index contributed by atoms with van der Waals surface area (Å²) in [7, 11) is 0. The largest absolute Gasteiger partial charge is 0.341 e. The van der Waals surface area contributed by atoms with Gasteiger partial charge in [-0.05, 0) is 25.8 Å². The van der Waals surface area contributed by atoms with Crippen LogP contribution in [0, 0.1) is 6.92 Å². The molecule has 2 aliphatic heterocycles. The quantitative estimate of drug-likeness (QED) is 0.812. The Morgan fingerprint density at radius 1 is 0.880 bits per heavy atom. The summed E-state index contributed by atoms with van der Waals surface area (Å²) in [4.78, 5) is 39.2. The van der Waals surface area contributed by atoms with Crippen molar-refractivity contribution in [2.24, 2.45) is 0 Å². The van der Waals surface area contributed by atoms with Gasteiger partial charge in [0.15, 0.2) is 0 Å². The lowest BCUT2D eigenvalue weighted by molar-refractivity contribution is -0.130. The van der Waals surface area contributed by atoms with Gasteiger partial charge in [0.25, 0.3) is 5.91 Å². The molecule has 2 aliphatic rings. The first-order valence-corrected chi connectivity index (χ1v) is 9.20. The number of anilines is 1. The number of aromatic nitrogens is 2. The van der Waals surface area contributed by atoms with Crippen LogP contribution in [0.2, 0.25) is 0 Å². The van der Waals surface area contributed by atoms with E-state index >= 15 is 0 Å². The summed E-state index contributed by atoms with van der Waals surface area (Å²) in [6, 6.07) is 1.76. The minimum absolute atomic E-state index is 0.0634. The number of aryl methyl sites for hydroxylation is 1. The van der Waals surface area contributed by atoms with E-state index in [0.717, 1.165) is 31.6 Å². The van der Waals surface area contributed by atoms with E-state index in [1.54, 1.807) is 22.8 Å². The number of amides is 2. The lowest BCUT2D eigenvalue weighted by atomic mass is 10.2. The molecule has 0 radical (unpaired) electrons. The van der Waals surface area contributed by atoms with Crippen molar-refractivity contribution in [3.63, 3.8) is 0 Å². The van der Waals surface area contributed by atoms with Crippen LogP contribution in [-0.2, 0) is 4.79 Å². The molecule has 2 amide bonds. The summed E-state index contributed by atoms with van der Waals surface area (Å²) in [6.45, 7) is 7.67. The van der Waals surface area contributed by atoms with Crippen LogP contribution in [0.3, 0.4) is 0 Å². The average Bonchev–Trinajstić information content (AvgIpc) is 2.90. The van der Waals surface area contributed by atoms with Crippen LogP contribution in [0.25, 0.3) is 0 Å². The molecule has 0 bridgehead atoms. The molecule has 136 valence electrons. The van der Waals surface area contributed by atoms with E-state index in [1.807, 2.05) is 6.92 Å². The van der Waals surface area contributed by atoms with Crippen molar-refractivity contribution in [1.82, 2.24) is 19.8 Å². The Kier molecular flexibility index (Phi) is 5.50. The molecule has 1 aromatic heterocycles. The molecule has 0 saturated carbocycles. The molecule has 0 aromatic carbocycles. The average molecular weight is 345 g/mol. The third-order valence-corrected chi connectivity index (χ3v) is 4.96. The maximum absolute atomic E-state index is 12.8. The third kappa shape index (κ3) is 4.27. The van der Waals surface area contributed by atoms with Gasteiger partial charge in [0.2, 0.25) is 11.9 Å². The lowest BCUT2D eigenvalue weighted by Crippen LogP contribution is -2.50. The summed E-state index contributed by atoms with van der Waals surface area (Å²) in [5.74, 6) is 0.672. The Balaban J connectivity index is 1.73. The van der Waals surface area contributed by atoms with Crippen LogP contribution < -0.4 is 4.90 Å². The fraction of sp³-hybridized carbons (Fsp3) is 0.667. The van der Waals surface area contributed by atoms with Crippen molar-refractivity contribution in [2.45, 2.75) is 39.5 Å². The fourth-order valence-electron chi connectivity index (χ4n) is 3.46. The van der Waals surface area contributed by atoms with Gasteiger partial charge in [-0.15, -0.1) is 0 Å².